The van der Waals surface area contributed by atoms with Crippen molar-refractivity contribution < 1.29 is 23.8 Å². The Morgan fingerprint density at radius 2 is 1.97 bits per heavy atom. The van der Waals surface area contributed by atoms with Gasteiger partial charge in [-0.15, -0.1) is 0 Å². The molecule has 2 N–H and O–H groups in total. The van der Waals surface area contributed by atoms with Crippen molar-refractivity contribution in [3.63, 3.8) is 0 Å². The first-order valence-electron chi connectivity index (χ1n) is 10.8. The minimum absolute atomic E-state index is 0.0722. The molecule has 2 fully saturated rings. The maximum absolute atomic E-state index is 14.9. The number of nitrogens with zero attached hydrogens (tertiary/aromatic N) is 3. The molecule has 10 heteroatoms. The number of hydrogen-bond donors (Lipinski definition) is 2. The molecular formula is C22H31FN4O4S. The van der Waals surface area contributed by atoms with E-state index in [1.54, 1.807) is 17.0 Å². The Bertz CT molecular complexity index is 868. The van der Waals surface area contributed by atoms with Crippen LogP contribution in [-0.2, 0) is 9.53 Å². The lowest BCUT2D eigenvalue weighted by Crippen LogP contribution is -2.49. The molecule has 8 nitrogen and oxygen atoms in total. The van der Waals surface area contributed by atoms with Crippen molar-refractivity contribution in [3.8, 4) is 0 Å². The summed E-state index contributed by atoms with van der Waals surface area (Å²) in [4.78, 5) is 29.5. The number of carbonyl (C=O) groups excluding carboxylic acids is 2. The third-order valence-corrected chi connectivity index (χ3v) is 5.73. The summed E-state index contributed by atoms with van der Waals surface area (Å²) in [5.41, 5.74) is 0.927. The van der Waals surface area contributed by atoms with Gasteiger partial charge < -0.3 is 25.0 Å². The quantitative estimate of drug-likeness (QED) is 0.622. The van der Waals surface area contributed by atoms with E-state index in [9.17, 15) is 14.0 Å². The number of carbonyl (C=O) groups is 2. The van der Waals surface area contributed by atoms with E-state index in [1.165, 1.54) is 11.0 Å². The normalized spacial score (nSPS) is 19.2. The van der Waals surface area contributed by atoms with E-state index in [-0.39, 0.29) is 17.4 Å². The van der Waals surface area contributed by atoms with Crippen molar-refractivity contribution in [3.05, 3.63) is 24.0 Å². The minimum atomic E-state index is -0.520. The second kappa shape index (κ2) is 9.99. The number of hydrogen-bond acceptors (Lipinski definition) is 6. The predicted octanol–water partition coefficient (Wildman–Crippen LogP) is 2.14. The van der Waals surface area contributed by atoms with Gasteiger partial charge >= 0.3 is 6.09 Å². The third kappa shape index (κ3) is 6.07. The van der Waals surface area contributed by atoms with Crippen LogP contribution in [0.5, 0.6) is 0 Å². The number of anilines is 2. The fourth-order valence-corrected chi connectivity index (χ4v) is 4.34. The SMILES string of the molecule is CC(C)(C)CC(=S)NC[C@H]1CN(c2ccc(N3CCN(C(=O)CO)CC3)c(F)c2)C(=O)O1. The number of amides is 2. The summed E-state index contributed by atoms with van der Waals surface area (Å²) >= 11 is 5.36. The van der Waals surface area contributed by atoms with Crippen LogP contribution in [0.4, 0.5) is 20.6 Å². The first-order valence-corrected chi connectivity index (χ1v) is 11.2. The number of aliphatic hydroxyl groups is 1. The number of ether oxygens (including phenoxy) is 1. The Labute approximate surface area is 193 Å². The first kappa shape index (κ1) is 24.2. The summed E-state index contributed by atoms with van der Waals surface area (Å²) in [6, 6.07) is 4.68. The Morgan fingerprint density at radius 1 is 1.28 bits per heavy atom. The number of aliphatic hydroxyl groups excluding tert-OH is 1. The van der Waals surface area contributed by atoms with Gasteiger partial charge in [-0.1, -0.05) is 33.0 Å². The van der Waals surface area contributed by atoms with Gasteiger partial charge in [-0.05, 0) is 23.6 Å². The van der Waals surface area contributed by atoms with E-state index in [0.29, 0.717) is 50.6 Å². The molecule has 2 heterocycles. The molecular weight excluding hydrogens is 435 g/mol. The van der Waals surface area contributed by atoms with Crippen molar-refractivity contribution >= 4 is 40.6 Å². The molecule has 176 valence electrons. The largest absolute Gasteiger partial charge is 0.442 e. The number of rotatable bonds is 6. The third-order valence-electron chi connectivity index (χ3n) is 5.44. The molecule has 1 aromatic carbocycles. The Morgan fingerprint density at radius 3 is 2.56 bits per heavy atom. The lowest BCUT2D eigenvalue weighted by atomic mass is 9.92. The van der Waals surface area contributed by atoms with Crippen LogP contribution in [0, 0.1) is 11.2 Å². The minimum Gasteiger partial charge on any atom is -0.442 e. The number of thiocarbonyl (C=S) groups is 1. The van der Waals surface area contributed by atoms with Crippen LogP contribution in [-0.4, -0.2) is 79.0 Å². The molecule has 0 aliphatic carbocycles. The van der Waals surface area contributed by atoms with E-state index in [2.05, 4.69) is 26.1 Å². The summed E-state index contributed by atoms with van der Waals surface area (Å²) < 4.78 is 20.3. The molecule has 1 atom stereocenters. The molecule has 0 saturated carbocycles. The van der Waals surface area contributed by atoms with Gasteiger partial charge in [-0.3, -0.25) is 9.69 Å². The summed E-state index contributed by atoms with van der Waals surface area (Å²) in [6.07, 6.45) is -0.149. The molecule has 2 saturated heterocycles. The zero-order valence-corrected chi connectivity index (χ0v) is 19.6. The topological polar surface area (TPSA) is 85.4 Å². The highest BCUT2D eigenvalue weighted by molar-refractivity contribution is 7.80. The van der Waals surface area contributed by atoms with Crippen LogP contribution < -0.4 is 15.1 Å². The monoisotopic (exact) mass is 466 g/mol. The van der Waals surface area contributed by atoms with E-state index < -0.39 is 18.5 Å². The number of benzene rings is 1. The smallest absolute Gasteiger partial charge is 0.414 e. The molecule has 3 rings (SSSR count). The molecule has 2 amide bonds. The number of halogens is 1. The van der Waals surface area contributed by atoms with Crippen molar-refractivity contribution in [1.82, 2.24) is 10.2 Å². The molecule has 2 aliphatic rings. The molecule has 32 heavy (non-hydrogen) atoms. The highest BCUT2D eigenvalue weighted by Gasteiger charge is 2.33. The second-order valence-electron chi connectivity index (χ2n) is 9.32. The average Bonchev–Trinajstić information content (AvgIpc) is 3.11. The van der Waals surface area contributed by atoms with E-state index in [0.717, 1.165) is 11.4 Å². The van der Waals surface area contributed by atoms with Gasteiger partial charge in [0.25, 0.3) is 0 Å². The van der Waals surface area contributed by atoms with Crippen molar-refractivity contribution in [2.24, 2.45) is 5.41 Å². The van der Waals surface area contributed by atoms with Crippen LogP contribution in [0.15, 0.2) is 18.2 Å². The van der Waals surface area contributed by atoms with Gasteiger partial charge in [0.1, 0.15) is 18.5 Å². The van der Waals surface area contributed by atoms with Crippen LogP contribution in [0.2, 0.25) is 0 Å². The molecule has 0 aromatic heterocycles. The fourth-order valence-electron chi connectivity index (χ4n) is 3.83. The Hall–Kier alpha value is -2.46. The zero-order chi connectivity index (χ0) is 23.5. The second-order valence-corrected chi connectivity index (χ2v) is 9.81. The Kier molecular flexibility index (Phi) is 7.55. The Balaban J connectivity index is 1.57. The average molecular weight is 467 g/mol. The number of cyclic esters (lactones) is 1. The lowest BCUT2D eigenvalue weighted by Gasteiger charge is -2.36. The lowest BCUT2D eigenvalue weighted by molar-refractivity contribution is -0.134. The number of nitrogens with one attached hydrogen (secondary N) is 1. The van der Waals surface area contributed by atoms with E-state index >= 15 is 0 Å². The maximum Gasteiger partial charge on any atom is 0.414 e. The molecule has 0 spiro atoms. The highest BCUT2D eigenvalue weighted by Crippen LogP contribution is 2.28. The van der Waals surface area contributed by atoms with Crippen LogP contribution >= 0.6 is 12.2 Å². The molecule has 0 bridgehead atoms. The van der Waals surface area contributed by atoms with Gasteiger partial charge in [-0.2, -0.15) is 0 Å². The van der Waals surface area contributed by atoms with Gasteiger partial charge in [0.05, 0.1) is 29.5 Å². The first-order chi connectivity index (χ1) is 15.1. The zero-order valence-electron chi connectivity index (χ0n) is 18.8. The number of piperazine rings is 1. The van der Waals surface area contributed by atoms with Gasteiger partial charge in [0.2, 0.25) is 5.91 Å². The summed E-state index contributed by atoms with van der Waals surface area (Å²) in [5, 5.41) is 12.1. The maximum atomic E-state index is 14.9. The van der Waals surface area contributed by atoms with Crippen LogP contribution in [0.3, 0.4) is 0 Å². The van der Waals surface area contributed by atoms with Gasteiger partial charge in [-0.25, -0.2) is 9.18 Å². The standard InChI is InChI=1S/C22H31FN4O4S/c1-22(2,3)11-19(32)24-12-16-13-27(21(30)31-16)15-4-5-18(17(23)10-15)25-6-8-26(9-7-25)20(29)14-28/h4-5,10,16,28H,6-9,11-14H2,1-3H3,(H,24,32)/t16-/m0/s1. The van der Waals surface area contributed by atoms with Crippen molar-refractivity contribution in [2.75, 3.05) is 55.7 Å². The highest BCUT2D eigenvalue weighted by atomic mass is 32.1. The predicted molar refractivity (Wildman–Crippen MR) is 125 cm³/mol. The molecule has 0 unspecified atom stereocenters. The van der Waals surface area contributed by atoms with Gasteiger partial charge in [0.15, 0.2) is 0 Å². The summed E-state index contributed by atoms with van der Waals surface area (Å²) in [6.45, 7) is 8.29. The van der Waals surface area contributed by atoms with Gasteiger partial charge in [0, 0.05) is 32.6 Å². The molecule has 1 aromatic rings. The summed E-state index contributed by atoms with van der Waals surface area (Å²) in [5.74, 6) is -0.763. The van der Waals surface area contributed by atoms with E-state index in [1.807, 2.05) is 4.90 Å². The van der Waals surface area contributed by atoms with Crippen LogP contribution in [0.25, 0.3) is 0 Å². The summed E-state index contributed by atoms with van der Waals surface area (Å²) in [7, 11) is 0. The molecule has 2 aliphatic heterocycles. The molecule has 0 radical (unpaired) electrons. The van der Waals surface area contributed by atoms with Crippen LogP contribution in [0.1, 0.15) is 27.2 Å². The fraction of sp³-hybridized carbons (Fsp3) is 0.591. The van der Waals surface area contributed by atoms with Crippen molar-refractivity contribution in [1.29, 1.82) is 0 Å². The van der Waals surface area contributed by atoms with Crippen molar-refractivity contribution in [2.45, 2.75) is 33.3 Å². The van der Waals surface area contributed by atoms with E-state index in [4.69, 9.17) is 22.1 Å².